The van der Waals surface area contributed by atoms with Crippen molar-refractivity contribution in [3.63, 3.8) is 0 Å². The van der Waals surface area contributed by atoms with Crippen LogP contribution in [0.5, 0.6) is 0 Å². The summed E-state index contributed by atoms with van der Waals surface area (Å²) in [6.07, 6.45) is 3.42. The van der Waals surface area contributed by atoms with E-state index in [9.17, 15) is 4.79 Å². The number of rotatable bonds is 1. The van der Waals surface area contributed by atoms with Gasteiger partial charge in [-0.15, -0.1) is 0 Å². The van der Waals surface area contributed by atoms with E-state index in [0.717, 1.165) is 31.6 Å². The molecule has 9 heteroatoms. The Morgan fingerprint density at radius 2 is 1.57 bits per heavy atom. The fraction of sp³-hybridized carbons (Fsp3) is 0.421. The van der Waals surface area contributed by atoms with E-state index >= 15 is 0 Å². The van der Waals surface area contributed by atoms with Crippen molar-refractivity contribution in [2.75, 3.05) is 31.1 Å². The molecular weight excluding hydrogens is 603 g/mol. The molecule has 0 atom stereocenters. The maximum absolute atomic E-state index is 12.0. The molecule has 0 radical (unpaired) electrons. The number of pyridine rings is 2. The van der Waals surface area contributed by atoms with Gasteiger partial charge >= 0.3 is 6.09 Å². The van der Waals surface area contributed by atoms with Crippen molar-refractivity contribution in [1.29, 1.82) is 0 Å². The first-order valence-electron chi connectivity index (χ1n) is 8.75. The predicted octanol–water partition coefficient (Wildman–Crippen LogP) is 5.35. The topological polar surface area (TPSA) is 58.6 Å². The number of ether oxygens (including phenoxy) is 1. The Kier molecular flexibility index (Phi) is 8.94. The molecule has 0 unspecified atom stereocenters. The maximum Gasteiger partial charge on any atom is 0.410 e. The van der Waals surface area contributed by atoms with Crippen LogP contribution in [0.15, 0.2) is 45.9 Å². The molecule has 3 rings (SSSR count). The molecule has 1 aliphatic heterocycles. The van der Waals surface area contributed by atoms with Gasteiger partial charge in [0.1, 0.15) is 14.8 Å². The highest BCUT2D eigenvalue weighted by Crippen LogP contribution is 2.18. The smallest absolute Gasteiger partial charge is 0.410 e. The van der Waals surface area contributed by atoms with E-state index in [2.05, 4.69) is 69.3 Å². The summed E-state index contributed by atoms with van der Waals surface area (Å²) in [5.74, 6) is 0. The first kappa shape index (κ1) is 23.3. The Morgan fingerprint density at radius 3 is 2.00 bits per heavy atom. The molecule has 0 spiro atoms. The monoisotopic (exact) mass is 624 g/mol. The van der Waals surface area contributed by atoms with Crippen LogP contribution in [0, 0.1) is 3.57 Å². The summed E-state index contributed by atoms with van der Waals surface area (Å²) < 4.78 is 8.26. The minimum atomic E-state index is -0.441. The lowest BCUT2D eigenvalue weighted by Gasteiger charge is -2.36. The zero-order valence-electron chi connectivity index (χ0n) is 16.0. The van der Waals surface area contributed by atoms with Crippen LogP contribution in [0.2, 0.25) is 0 Å². The molecular formula is C19H23Br2IN4O2. The van der Waals surface area contributed by atoms with Crippen LogP contribution in [-0.4, -0.2) is 52.7 Å². The number of carbonyl (C=O) groups is 1. The Morgan fingerprint density at radius 1 is 1.00 bits per heavy atom. The standard InChI is InChI=1S/C14H20BrN3O2.C5H3BrIN/c1-14(2,3)20-13(19)18-8-6-17(7-9-18)11-4-5-12(15)16-10-11;6-5-2-1-4(7)3-8-5/h4-5,10H,6-9H2,1-3H3;1-3H. The fourth-order valence-electron chi connectivity index (χ4n) is 2.39. The SMILES string of the molecule is Brc1ccc(I)cn1.CC(C)(C)OC(=O)N1CCN(c2ccc(Br)nc2)CC1. The molecule has 1 fully saturated rings. The highest BCUT2D eigenvalue weighted by Gasteiger charge is 2.25. The van der Waals surface area contributed by atoms with Crippen molar-refractivity contribution in [3.05, 3.63) is 49.4 Å². The molecule has 0 aromatic carbocycles. The highest BCUT2D eigenvalue weighted by molar-refractivity contribution is 14.1. The Bertz CT molecular complexity index is 738. The van der Waals surface area contributed by atoms with Crippen LogP contribution < -0.4 is 4.90 Å². The molecule has 0 saturated carbocycles. The zero-order chi connectivity index (χ0) is 20.7. The number of piperazine rings is 1. The van der Waals surface area contributed by atoms with Gasteiger partial charge in [0.2, 0.25) is 0 Å². The van der Waals surface area contributed by atoms with E-state index in [-0.39, 0.29) is 6.09 Å². The molecule has 152 valence electrons. The van der Waals surface area contributed by atoms with Crippen LogP contribution in [0.1, 0.15) is 20.8 Å². The van der Waals surface area contributed by atoms with Crippen molar-refractivity contribution in [1.82, 2.24) is 14.9 Å². The molecule has 1 saturated heterocycles. The van der Waals surface area contributed by atoms with E-state index in [1.807, 2.05) is 57.4 Å². The first-order chi connectivity index (χ1) is 13.1. The van der Waals surface area contributed by atoms with Gasteiger partial charge in [0.25, 0.3) is 0 Å². The molecule has 0 aliphatic carbocycles. The number of nitrogens with zero attached hydrogens (tertiary/aromatic N) is 4. The minimum absolute atomic E-state index is 0.230. The molecule has 28 heavy (non-hydrogen) atoms. The Balaban J connectivity index is 0.000000292. The van der Waals surface area contributed by atoms with Gasteiger partial charge < -0.3 is 14.5 Å². The third-order valence-corrected chi connectivity index (χ3v) is 5.28. The van der Waals surface area contributed by atoms with Crippen LogP contribution in [0.4, 0.5) is 10.5 Å². The quantitative estimate of drug-likeness (QED) is 0.316. The number of halogens is 3. The molecule has 2 aromatic rings. The molecule has 1 amide bonds. The molecule has 0 N–H and O–H groups in total. The third-order valence-electron chi connectivity index (χ3n) is 3.70. The van der Waals surface area contributed by atoms with Gasteiger partial charge in [-0.05, 0) is 99.5 Å². The molecule has 6 nitrogen and oxygen atoms in total. The van der Waals surface area contributed by atoms with E-state index in [4.69, 9.17) is 4.74 Å². The lowest BCUT2D eigenvalue weighted by molar-refractivity contribution is 0.0240. The second-order valence-electron chi connectivity index (χ2n) is 7.09. The lowest BCUT2D eigenvalue weighted by atomic mass is 10.2. The summed E-state index contributed by atoms with van der Waals surface area (Å²) in [6.45, 7) is 8.58. The highest BCUT2D eigenvalue weighted by atomic mass is 127. The number of anilines is 1. The summed E-state index contributed by atoms with van der Waals surface area (Å²) >= 11 is 8.77. The lowest BCUT2D eigenvalue weighted by Crippen LogP contribution is -2.50. The van der Waals surface area contributed by atoms with Gasteiger partial charge in [-0.25, -0.2) is 14.8 Å². The number of carbonyl (C=O) groups excluding carboxylic acids is 1. The van der Waals surface area contributed by atoms with E-state index < -0.39 is 5.60 Å². The van der Waals surface area contributed by atoms with Crippen LogP contribution in [0.25, 0.3) is 0 Å². The number of hydrogen-bond donors (Lipinski definition) is 0. The van der Waals surface area contributed by atoms with Gasteiger partial charge in [-0.2, -0.15) is 0 Å². The van der Waals surface area contributed by atoms with Gasteiger partial charge in [-0.1, -0.05) is 0 Å². The van der Waals surface area contributed by atoms with Crippen molar-refractivity contribution >= 4 is 66.2 Å². The van der Waals surface area contributed by atoms with Crippen molar-refractivity contribution in [3.8, 4) is 0 Å². The normalized spacial score (nSPS) is 14.2. The van der Waals surface area contributed by atoms with Gasteiger partial charge in [0.15, 0.2) is 0 Å². The van der Waals surface area contributed by atoms with E-state index in [0.29, 0.717) is 13.1 Å². The predicted molar refractivity (Wildman–Crippen MR) is 127 cm³/mol. The number of aromatic nitrogens is 2. The van der Waals surface area contributed by atoms with Crippen LogP contribution >= 0.6 is 54.5 Å². The second kappa shape index (κ2) is 10.7. The molecule has 3 heterocycles. The summed E-state index contributed by atoms with van der Waals surface area (Å²) in [6, 6.07) is 7.87. The Hall–Kier alpha value is -0.940. The maximum atomic E-state index is 12.0. The average Bonchev–Trinajstić information content (AvgIpc) is 2.64. The van der Waals surface area contributed by atoms with Gasteiger partial charge in [0.05, 0.1) is 11.9 Å². The number of hydrogen-bond acceptors (Lipinski definition) is 5. The molecule has 2 aromatic heterocycles. The van der Waals surface area contributed by atoms with Crippen molar-refractivity contribution < 1.29 is 9.53 Å². The molecule has 1 aliphatic rings. The van der Waals surface area contributed by atoms with Crippen LogP contribution in [-0.2, 0) is 4.74 Å². The van der Waals surface area contributed by atoms with Gasteiger partial charge in [0, 0.05) is 35.9 Å². The van der Waals surface area contributed by atoms with Crippen molar-refractivity contribution in [2.24, 2.45) is 0 Å². The summed E-state index contributed by atoms with van der Waals surface area (Å²) in [5.41, 5.74) is 0.640. The zero-order valence-corrected chi connectivity index (χ0v) is 21.4. The van der Waals surface area contributed by atoms with Crippen LogP contribution in [0.3, 0.4) is 0 Å². The minimum Gasteiger partial charge on any atom is -0.444 e. The number of amides is 1. The fourth-order valence-corrected chi connectivity index (χ4v) is 3.17. The van der Waals surface area contributed by atoms with E-state index in [1.54, 1.807) is 4.90 Å². The van der Waals surface area contributed by atoms with Gasteiger partial charge in [-0.3, -0.25) is 0 Å². The summed E-state index contributed by atoms with van der Waals surface area (Å²) in [5, 5.41) is 0. The summed E-state index contributed by atoms with van der Waals surface area (Å²) in [7, 11) is 0. The largest absolute Gasteiger partial charge is 0.444 e. The molecule has 0 bridgehead atoms. The first-order valence-corrected chi connectivity index (χ1v) is 11.4. The average molecular weight is 626 g/mol. The summed E-state index contributed by atoms with van der Waals surface area (Å²) in [4.78, 5) is 24.2. The van der Waals surface area contributed by atoms with Crippen molar-refractivity contribution in [2.45, 2.75) is 26.4 Å². The Labute approximate surface area is 196 Å². The second-order valence-corrected chi connectivity index (χ2v) is 9.96. The van der Waals surface area contributed by atoms with E-state index in [1.165, 1.54) is 0 Å². The third kappa shape index (κ3) is 8.20.